The van der Waals surface area contributed by atoms with Crippen molar-refractivity contribution in [3.05, 3.63) is 10.2 Å². The lowest BCUT2D eigenvalue weighted by Crippen LogP contribution is -2.61. The molecule has 0 spiro atoms. The standard InChI is InChI=1S/C15H24ClNO3Si/c1-9(2)20-15(19)13-14(21(3,4)5)11(16)7-6-10-8-12(18)17(10)13/h9-10,13H,6-8H2,1-5H3. The van der Waals surface area contributed by atoms with Gasteiger partial charge in [-0.15, -0.1) is 0 Å². The predicted molar refractivity (Wildman–Crippen MR) is 85.7 cm³/mol. The third-order valence-electron chi connectivity index (χ3n) is 4.02. The summed E-state index contributed by atoms with van der Waals surface area (Å²) < 4.78 is 5.42. The van der Waals surface area contributed by atoms with Crippen LogP contribution in [0.15, 0.2) is 10.2 Å². The Labute approximate surface area is 132 Å². The highest BCUT2D eigenvalue weighted by molar-refractivity contribution is 6.84. The van der Waals surface area contributed by atoms with Gasteiger partial charge in [0.1, 0.15) is 6.04 Å². The van der Waals surface area contributed by atoms with Gasteiger partial charge in [0.05, 0.1) is 14.2 Å². The Hall–Kier alpha value is -0.813. The average Bonchev–Trinajstić information content (AvgIpc) is 2.41. The molecule has 0 aromatic carbocycles. The number of allylic oxidation sites excluding steroid dienone is 1. The second kappa shape index (κ2) is 5.76. The number of ether oxygens (including phenoxy) is 1. The summed E-state index contributed by atoms with van der Waals surface area (Å²) in [5.74, 6) is -0.298. The van der Waals surface area contributed by atoms with E-state index >= 15 is 0 Å². The van der Waals surface area contributed by atoms with Gasteiger partial charge in [-0.05, 0) is 31.9 Å². The number of β-lactam (4-membered cyclic amide) rings is 1. The largest absolute Gasteiger partial charge is 0.461 e. The number of nitrogens with zero attached hydrogens (tertiary/aromatic N) is 1. The second-order valence-corrected chi connectivity index (χ2v) is 12.6. The number of amides is 1. The van der Waals surface area contributed by atoms with E-state index in [1.807, 2.05) is 13.8 Å². The molecule has 0 N–H and O–H groups in total. The van der Waals surface area contributed by atoms with Crippen LogP contribution in [0.4, 0.5) is 0 Å². The maximum atomic E-state index is 12.6. The molecule has 2 heterocycles. The first-order valence-corrected chi connectivity index (χ1v) is 11.4. The third kappa shape index (κ3) is 3.18. The number of carbonyl (C=O) groups excluding carboxylic acids is 2. The number of esters is 1. The summed E-state index contributed by atoms with van der Waals surface area (Å²) in [7, 11) is -1.84. The number of hydrogen-bond donors (Lipinski definition) is 0. The van der Waals surface area contributed by atoms with Gasteiger partial charge in [-0.1, -0.05) is 31.2 Å². The van der Waals surface area contributed by atoms with E-state index in [4.69, 9.17) is 16.3 Å². The Morgan fingerprint density at radius 1 is 1.38 bits per heavy atom. The molecule has 2 aliphatic heterocycles. The monoisotopic (exact) mass is 329 g/mol. The number of rotatable bonds is 3. The fourth-order valence-electron chi connectivity index (χ4n) is 3.15. The van der Waals surface area contributed by atoms with Crippen molar-refractivity contribution < 1.29 is 14.3 Å². The third-order valence-corrected chi connectivity index (χ3v) is 6.76. The summed E-state index contributed by atoms with van der Waals surface area (Å²) in [5.41, 5.74) is 0. The van der Waals surface area contributed by atoms with Crippen LogP contribution in [0.3, 0.4) is 0 Å². The molecular formula is C15H24ClNO3Si. The van der Waals surface area contributed by atoms with Crippen molar-refractivity contribution in [3.63, 3.8) is 0 Å². The minimum absolute atomic E-state index is 0.0350. The summed E-state index contributed by atoms with van der Waals surface area (Å²) in [6, 6.07) is -0.481. The Balaban J connectivity index is 2.45. The molecule has 2 unspecified atom stereocenters. The van der Waals surface area contributed by atoms with E-state index in [1.165, 1.54) is 0 Å². The summed E-state index contributed by atoms with van der Waals surface area (Å²) >= 11 is 6.52. The van der Waals surface area contributed by atoms with Gasteiger partial charge in [0.15, 0.2) is 0 Å². The Morgan fingerprint density at radius 3 is 2.48 bits per heavy atom. The molecule has 21 heavy (non-hydrogen) atoms. The van der Waals surface area contributed by atoms with E-state index < -0.39 is 14.1 Å². The van der Waals surface area contributed by atoms with Crippen LogP contribution in [-0.2, 0) is 14.3 Å². The van der Waals surface area contributed by atoms with Gasteiger partial charge >= 0.3 is 5.97 Å². The maximum absolute atomic E-state index is 12.6. The molecule has 4 nitrogen and oxygen atoms in total. The van der Waals surface area contributed by atoms with Gasteiger partial charge in [-0.3, -0.25) is 4.79 Å². The first-order valence-electron chi connectivity index (χ1n) is 7.53. The number of carbonyl (C=O) groups is 2. The summed E-state index contributed by atoms with van der Waals surface area (Å²) in [5, 5.41) is 1.73. The van der Waals surface area contributed by atoms with Crippen LogP contribution < -0.4 is 0 Å². The quantitative estimate of drug-likeness (QED) is 0.454. The molecule has 0 aromatic rings. The SMILES string of the molecule is CC(C)OC(=O)C1C([Si](C)(C)C)=C(Cl)CCC2CC(=O)N21. The van der Waals surface area contributed by atoms with Crippen LogP contribution in [0, 0.1) is 0 Å². The average molecular weight is 330 g/mol. The highest BCUT2D eigenvalue weighted by Gasteiger charge is 2.50. The minimum Gasteiger partial charge on any atom is -0.461 e. The molecule has 0 saturated carbocycles. The van der Waals surface area contributed by atoms with Gasteiger partial charge < -0.3 is 9.64 Å². The van der Waals surface area contributed by atoms with Crippen molar-refractivity contribution in [2.45, 2.75) is 70.9 Å². The van der Waals surface area contributed by atoms with E-state index in [0.29, 0.717) is 6.42 Å². The van der Waals surface area contributed by atoms with Crippen LogP contribution in [0.5, 0.6) is 0 Å². The van der Waals surface area contributed by atoms with Gasteiger partial charge in [-0.2, -0.15) is 0 Å². The molecule has 0 bridgehead atoms. The van der Waals surface area contributed by atoms with Gasteiger partial charge in [-0.25, -0.2) is 4.79 Å². The number of halogens is 1. The van der Waals surface area contributed by atoms with Crippen molar-refractivity contribution in [1.82, 2.24) is 4.90 Å². The van der Waals surface area contributed by atoms with Crippen molar-refractivity contribution >= 4 is 31.6 Å². The zero-order valence-electron chi connectivity index (χ0n) is 13.4. The van der Waals surface area contributed by atoms with Crippen LogP contribution in [0.1, 0.15) is 33.1 Å². The lowest BCUT2D eigenvalue weighted by molar-refractivity contribution is -0.165. The fourth-order valence-corrected chi connectivity index (χ4v) is 6.23. The highest BCUT2D eigenvalue weighted by atomic mass is 35.5. The van der Waals surface area contributed by atoms with Crippen LogP contribution in [-0.4, -0.2) is 43.0 Å². The van der Waals surface area contributed by atoms with Crippen LogP contribution >= 0.6 is 11.6 Å². The van der Waals surface area contributed by atoms with E-state index in [-0.39, 0.29) is 24.0 Å². The van der Waals surface area contributed by atoms with E-state index in [9.17, 15) is 9.59 Å². The second-order valence-electron chi connectivity index (χ2n) is 7.15. The topological polar surface area (TPSA) is 46.6 Å². The van der Waals surface area contributed by atoms with E-state index in [1.54, 1.807) is 4.90 Å². The Bertz CT molecular complexity index is 496. The normalized spacial score (nSPS) is 26.4. The lowest BCUT2D eigenvalue weighted by Gasteiger charge is -2.45. The highest BCUT2D eigenvalue weighted by Crippen LogP contribution is 2.40. The Kier molecular flexibility index (Phi) is 4.54. The maximum Gasteiger partial charge on any atom is 0.333 e. The summed E-state index contributed by atoms with van der Waals surface area (Å²) in [6.45, 7) is 10.1. The first-order chi connectivity index (χ1) is 9.62. The molecule has 1 fully saturated rings. The molecule has 2 rings (SSSR count). The first kappa shape index (κ1) is 16.6. The van der Waals surface area contributed by atoms with Crippen molar-refractivity contribution in [3.8, 4) is 0 Å². The summed E-state index contributed by atoms with van der Waals surface area (Å²) in [6.07, 6.45) is 1.91. The molecular weight excluding hydrogens is 306 g/mol. The number of hydrogen-bond acceptors (Lipinski definition) is 3. The van der Waals surface area contributed by atoms with Crippen LogP contribution in [0.25, 0.3) is 0 Å². The lowest BCUT2D eigenvalue weighted by atomic mass is 9.96. The smallest absolute Gasteiger partial charge is 0.333 e. The molecule has 2 aliphatic rings. The van der Waals surface area contributed by atoms with Crippen molar-refractivity contribution in [2.24, 2.45) is 0 Å². The number of fused-ring (bicyclic) bond motifs is 1. The van der Waals surface area contributed by atoms with Gasteiger partial charge in [0.25, 0.3) is 0 Å². The van der Waals surface area contributed by atoms with E-state index in [0.717, 1.165) is 23.1 Å². The predicted octanol–water partition coefficient (Wildman–Crippen LogP) is 3.07. The van der Waals surface area contributed by atoms with Gasteiger partial charge in [0.2, 0.25) is 5.91 Å². The fraction of sp³-hybridized carbons (Fsp3) is 0.733. The summed E-state index contributed by atoms with van der Waals surface area (Å²) in [4.78, 5) is 26.4. The zero-order valence-corrected chi connectivity index (χ0v) is 15.2. The van der Waals surface area contributed by atoms with Crippen LogP contribution in [0.2, 0.25) is 19.6 Å². The molecule has 6 heteroatoms. The molecule has 0 radical (unpaired) electrons. The van der Waals surface area contributed by atoms with Gasteiger partial charge in [0, 0.05) is 17.5 Å². The van der Waals surface area contributed by atoms with Crippen molar-refractivity contribution in [2.75, 3.05) is 0 Å². The molecule has 1 saturated heterocycles. The zero-order chi connectivity index (χ0) is 15.9. The molecule has 118 valence electrons. The molecule has 2 atom stereocenters. The van der Waals surface area contributed by atoms with Crippen molar-refractivity contribution in [1.29, 1.82) is 0 Å². The molecule has 1 amide bonds. The molecule has 0 aromatic heterocycles. The Morgan fingerprint density at radius 2 is 2.00 bits per heavy atom. The minimum atomic E-state index is -1.84. The molecule has 0 aliphatic carbocycles. The van der Waals surface area contributed by atoms with E-state index in [2.05, 4.69) is 19.6 Å².